The molecule has 0 unspecified atom stereocenters. The molecule has 1 fully saturated rings. The number of hydrogen-bond acceptors (Lipinski definition) is 5. The lowest BCUT2D eigenvalue weighted by Gasteiger charge is -2.28. The topological polar surface area (TPSA) is 42.6 Å². The van der Waals surface area contributed by atoms with Crippen LogP contribution in [0, 0.1) is 0 Å². The lowest BCUT2D eigenvalue weighted by atomic mass is 10.0. The number of aliphatic imine (C=N–C) groups is 1. The first-order chi connectivity index (χ1) is 14.2. The van der Waals surface area contributed by atoms with E-state index < -0.39 is 0 Å². The van der Waals surface area contributed by atoms with E-state index in [1.807, 2.05) is 49.1 Å². The third-order valence-corrected chi connectivity index (χ3v) is 6.49. The van der Waals surface area contributed by atoms with Crippen molar-refractivity contribution in [3.05, 3.63) is 78.4 Å². The maximum Gasteiger partial charge on any atom is 0.160 e. The van der Waals surface area contributed by atoms with E-state index in [9.17, 15) is 0 Å². The van der Waals surface area contributed by atoms with Crippen LogP contribution >= 0.6 is 11.8 Å². The van der Waals surface area contributed by atoms with Crippen molar-refractivity contribution in [2.45, 2.75) is 31.2 Å². The minimum Gasteiger partial charge on any atom is -0.494 e. The first kappa shape index (κ1) is 18.3. The maximum atomic E-state index is 5.60. The quantitative estimate of drug-likeness (QED) is 0.609. The number of rotatable bonds is 5. The molecule has 0 saturated carbocycles. The summed E-state index contributed by atoms with van der Waals surface area (Å²) in [6.45, 7) is 5.95. The summed E-state index contributed by atoms with van der Waals surface area (Å²) in [5.74, 6) is 0.896. The third-order valence-electron chi connectivity index (χ3n) is 5.39. The number of nitrogens with zero attached hydrogens (tertiary/aromatic N) is 4. The fourth-order valence-corrected chi connectivity index (χ4v) is 5.27. The smallest absolute Gasteiger partial charge is 0.160 e. The van der Waals surface area contributed by atoms with Crippen LogP contribution in [0.15, 0.2) is 72.0 Å². The molecule has 2 aromatic heterocycles. The van der Waals surface area contributed by atoms with Gasteiger partial charge in [0.05, 0.1) is 18.3 Å². The summed E-state index contributed by atoms with van der Waals surface area (Å²) in [6.07, 6.45) is 3.99. The Hall–Kier alpha value is -2.73. The van der Waals surface area contributed by atoms with Crippen molar-refractivity contribution >= 4 is 16.9 Å². The van der Waals surface area contributed by atoms with Gasteiger partial charge in [-0.1, -0.05) is 24.8 Å². The number of aromatic nitrogens is 2. The van der Waals surface area contributed by atoms with E-state index in [0.29, 0.717) is 11.9 Å². The van der Waals surface area contributed by atoms with Crippen LogP contribution in [-0.4, -0.2) is 38.0 Å². The van der Waals surface area contributed by atoms with Gasteiger partial charge in [0.15, 0.2) is 5.17 Å². The molecule has 29 heavy (non-hydrogen) atoms. The van der Waals surface area contributed by atoms with Gasteiger partial charge in [-0.3, -0.25) is 9.98 Å². The number of ether oxygens (including phenoxy) is 1. The van der Waals surface area contributed by atoms with E-state index in [0.717, 1.165) is 28.8 Å². The summed E-state index contributed by atoms with van der Waals surface area (Å²) in [5.41, 5.74) is 3.38. The highest BCUT2D eigenvalue weighted by Gasteiger charge is 2.44. The lowest BCUT2D eigenvalue weighted by Crippen LogP contribution is -2.30. The maximum absolute atomic E-state index is 5.60. The van der Waals surface area contributed by atoms with Crippen LogP contribution in [-0.2, 0) is 0 Å². The molecule has 0 bridgehead atoms. The zero-order valence-corrected chi connectivity index (χ0v) is 17.4. The molecule has 2 aliphatic heterocycles. The molecular formula is C23H24N4OS. The van der Waals surface area contributed by atoms with Gasteiger partial charge in [0.1, 0.15) is 11.8 Å². The first-order valence-electron chi connectivity index (χ1n) is 10.1. The van der Waals surface area contributed by atoms with Crippen molar-refractivity contribution in [3.8, 4) is 11.4 Å². The molecule has 4 heterocycles. The van der Waals surface area contributed by atoms with Crippen LogP contribution in [0.1, 0.15) is 37.3 Å². The number of amidine groups is 1. The molecule has 0 amide bonds. The van der Waals surface area contributed by atoms with Gasteiger partial charge in [-0.25, -0.2) is 0 Å². The zero-order chi connectivity index (χ0) is 19.8. The van der Waals surface area contributed by atoms with Crippen LogP contribution in [0.25, 0.3) is 5.69 Å². The van der Waals surface area contributed by atoms with Crippen molar-refractivity contribution in [2.24, 2.45) is 4.99 Å². The molecule has 0 aliphatic carbocycles. The molecule has 5 rings (SSSR count). The number of benzene rings is 1. The monoisotopic (exact) mass is 404 g/mol. The van der Waals surface area contributed by atoms with Gasteiger partial charge >= 0.3 is 0 Å². The Bertz CT molecular complexity index is 1010. The van der Waals surface area contributed by atoms with Crippen LogP contribution in [0.2, 0.25) is 0 Å². The highest BCUT2D eigenvalue weighted by Crippen LogP contribution is 2.47. The molecule has 0 radical (unpaired) electrons. The molecule has 6 heteroatoms. The van der Waals surface area contributed by atoms with Gasteiger partial charge in [0.25, 0.3) is 0 Å². The number of hydrogen-bond donors (Lipinski definition) is 0. The van der Waals surface area contributed by atoms with Crippen molar-refractivity contribution in [2.75, 3.05) is 13.2 Å². The molecule has 1 saturated heterocycles. The van der Waals surface area contributed by atoms with E-state index in [-0.39, 0.29) is 12.1 Å². The van der Waals surface area contributed by atoms with E-state index in [2.05, 4.69) is 57.9 Å². The van der Waals surface area contributed by atoms with Crippen molar-refractivity contribution in [1.29, 1.82) is 0 Å². The summed E-state index contributed by atoms with van der Waals surface area (Å²) >= 11 is 1.87. The summed E-state index contributed by atoms with van der Waals surface area (Å²) in [5, 5.41) is 1.69. The first-order valence-corrected chi connectivity index (χ1v) is 10.9. The highest BCUT2D eigenvalue weighted by molar-refractivity contribution is 8.14. The normalized spacial score (nSPS) is 23.2. The Balaban J connectivity index is 1.55. The Morgan fingerprint density at radius 1 is 1.10 bits per heavy atom. The van der Waals surface area contributed by atoms with Crippen LogP contribution in [0.3, 0.4) is 0 Å². The molecule has 1 aromatic carbocycles. The second-order valence-electron chi connectivity index (χ2n) is 7.37. The molecule has 0 spiro atoms. The third kappa shape index (κ3) is 3.31. The number of thioether (sulfide) groups is 1. The second kappa shape index (κ2) is 7.59. The Morgan fingerprint density at radius 2 is 1.97 bits per heavy atom. The predicted octanol–water partition coefficient (Wildman–Crippen LogP) is 4.86. The lowest BCUT2D eigenvalue weighted by molar-refractivity contribution is 0.312. The Kier molecular flexibility index (Phi) is 4.79. The van der Waals surface area contributed by atoms with E-state index >= 15 is 0 Å². The largest absolute Gasteiger partial charge is 0.494 e. The van der Waals surface area contributed by atoms with Crippen molar-refractivity contribution < 1.29 is 4.74 Å². The molecule has 148 valence electrons. The summed E-state index contributed by atoms with van der Waals surface area (Å²) < 4.78 is 7.87. The van der Waals surface area contributed by atoms with Crippen molar-refractivity contribution in [1.82, 2.24) is 14.5 Å². The predicted molar refractivity (Wildman–Crippen MR) is 118 cm³/mol. The number of fused-ring (bicyclic) bond motifs is 1. The average molecular weight is 405 g/mol. The van der Waals surface area contributed by atoms with Gasteiger partial charge in [-0.15, -0.1) is 0 Å². The summed E-state index contributed by atoms with van der Waals surface area (Å²) in [4.78, 5) is 12.2. The standard InChI is InChI=1S/C23H24N4OS/c1-3-28-18-11-9-17(10-12-18)26-14-6-8-20(26)22-21(19-7-4-5-13-24-19)25-23-27(22)15-16(2)29-23/h4-14,16,21-22H,3,15H2,1-2H3/t16-,21+,22-/m0/s1. The van der Waals surface area contributed by atoms with E-state index in [4.69, 9.17) is 9.73 Å². The van der Waals surface area contributed by atoms with Gasteiger partial charge < -0.3 is 14.2 Å². The number of pyridine rings is 1. The van der Waals surface area contributed by atoms with Crippen molar-refractivity contribution in [3.63, 3.8) is 0 Å². The molecule has 0 N–H and O–H groups in total. The highest BCUT2D eigenvalue weighted by atomic mass is 32.2. The fourth-order valence-electron chi connectivity index (χ4n) is 4.18. The Morgan fingerprint density at radius 3 is 2.72 bits per heavy atom. The molecule has 2 aliphatic rings. The fraction of sp³-hybridized carbons (Fsp3) is 0.304. The van der Waals surface area contributed by atoms with Gasteiger partial charge in [0.2, 0.25) is 0 Å². The second-order valence-corrected chi connectivity index (χ2v) is 8.77. The Labute approximate surface area is 175 Å². The molecule has 5 nitrogen and oxygen atoms in total. The average Bonchev–Trinajstić information content (AvgIpc) is 3.43. The summed E-state index contributed by atoms with van der Waals surface area (Å²) in [7, 11) is 0. The van der Waals surface area contributed by atoms with Crippen LogP contribution in [0.4, 0.5) is 0 Å². The van der Waals surface area contributed by atoms with Gasteiger partial charge in [-0.05, 0) is 55.5 Å². The van der Waals surface area contributed by atoms with Crippen LogP contribution in [0.5, 0.6) is 5.75 Å². The van der Waals surface area contributed by atoms with Gasteiger partial charge in [-0.2, -0.15) is 0 Å². The van der Waals surface area contributed by atoms with Crippen LogP contribution < -0.4 is 4.74 Å². The van der Waals surface area contributed by atoms with E-state index in [1.54, 1.807) is 0 Å². The molecule has 3 atom stereocenters. The zero-order valence-electron chi connectivity index (χ0n) is 16.6. The minimum atomic E-state index is 0.00236. The van der Waals surface area contributed by atoms with Gasteiger partial charge in [0, 0.05) is 35.6 Å². The van der Waals surface area contributed by atoms with E-state index in [1.165, 1.54) is 5.69 Å². The minimum absolute atomic E-state index is 0.00236. The molecular weight excluding hydrogens is 380 g/mol. The molecule has 3 aromatic rings. The summed E-state index contributed by atoms with van der Waals surface area (Å²) in [6, 6.07) is 18.8. The SMILES string of the molecule is CCOc1ccc(-n2cccc2[C@H]2[C@@H](c3ccccn3)N=C3S[C@@H](C)CN32)cc1.